The summed E-state index contributed by atoms with van der Waals surface area (Å²) in [4.78, 5) is 37.8. The monoisotopic (exact) mass is 343 g/mol. The molecule has 0 radical (unpaired) electrons. The van der Waals surface area contributed by atoms with Crippen LogP contribution in [0.25, 0.3) is 0 Å². The molecule has 8 nitrogen and oxygen atoms in total. The Balaban J connectivity index is 1.87. The summed E-state index contributed by atoms with van der Waals surface area (Å²) in [6.07, 6.45) is 4.32. The number of fused-ring (bicyclic) bond motifs is 1. The van der Waals surface area contributed by atoms with Gasteiger partial charge in [-0.2, -0.15) is 0 Å². The zero-order valence-corrected chi connectivity index (χ0v) is 14.2. The van der Waals surface area contributed by atoms with Crippen molar-refractivity contribution in [3.05, 3.63) is 11.8 Å². The third kappa shape index (κ3) is 2.21. The maximum absolute atomic E-state index is 12.0. The Morgan fingerprint density at radius 1 is 1.39 bits per heavy atom. The van der Waals surface area contributed by atoms with Crippen LogP contribution in [0.1, 0.15) is 6.42 Å². The molecule has 0 aliphatic carbocycles. The van der Waals surface area contributed by atoms with Crippen molar-refractivity contribution in [1.29, 1.82) is 0 Å². The summed E-state index contributed by atoms with van der Waals surface area (Å²) in [5.41, 5.74) is 5.48. The zero-order valence-electron chi connectivity index (χ0n) is 13.4. The number of quaternary nitrogens is 1. The van der Waals surface area contributed by atoms with Crippen molar-refractivity contribution in [3.8, 4) is 0 Å². The minimum Gasteiger partial charge on any atom is -0.477 e. The first-order chi connectivity index (χ1) is 10.7. The van der Waals surface area contributed by atoms with Gasteiger partial charge in [-0.3, -0.25) is 13.6 Å². The summed E-state index contributed by atoms with van der Waals surface area (Å²) in [6, 6.07) is -0.395. The van der Waals surface area contributed by atoms with Crippen LogP contribution in [-0.2, 0) is 9.59 Å². The standard InChI is InChI=1S/C14H22N4O4S/c1-18(6-4-16(5-7-18)14(15)22)23(2)8-3-10(13(20)21)17-11(19)9-12(17)23/h3,12H,4-9H2,1-2H3,(H2-,15,20,21,22)/p+1. The van der Waals surface area contributed by atoms with Crippen LogP contribution in [0.5, 0.6) is 0 Å². The van der Waals surface area contributed by atoms with Crippen LogP contribution in [0.4, 0.5) is 4.79 Å². The Hall–Kier alpha value is -1.74. The summed E-state index contributed by atoms with van der Waals surface area (Å²) >= 11 is 0. The number of urea groups is 1. The molecule has 2 fully saturated rings. The molecule has 3 heterocycles. The predicted molar refractivity (Wildman–Crippen MR) is 86.4 cm³/mol. The third-order valence-electron chi connectivity index (χ3n) is 5.59. The maximum atomic E-state index is 12.0. The van der Waals surface area contributed by atoms with E-state index in [1.165, 1.54) is 4.90 Å². The number of primary amides is 1. The van der Waals surface area contributed by atoms with E-state index < -0.39 is 22.2 Å². The molecule has 0 saturated carbocycles. The number of carboxylic acids is 1. The van der Waals surface area contributed by atoms with E-state index >= 15 is 0 Å². The van der Waals surface area contributed by atoms with E-state index in [0.29, 0.717) is 25.3 Å². The lowest BCUT2D eigenvalue weighted by Crippen LogP contribution is -2.67. The first kappa shape index (κ1) is 16.1. The van der Waals surface area contributed by atoms with Gasteiger partial charge in [0.15, 0.2) is 0 Å². The fourth-order valence-corrected chi connectivity index (χ4v) is 7.58. The molecule has 2 unspecified atom stereocenters. The highest BCUT2D eigenvalue weighted by Crippen LogP contribution is 2.64. The molecule has 3 rings (SSSR count). The number of carbonyl (C=O) groups is 3. The van der Waals surface area contributed by atoms with Crippen LogP contribution in [0, 0.1) is 0 Å². The third-order valence-corrected chi connectivity index (χ3v) is 10.4. The van der Waals surface area contributed by atoms with Crippen molar-refractivity contribution in [3.63, 3.8) is 0 Å². The molecule has 2 saturated heterocycles. The number of likely N-dealkylation sites (N-methyl/N-ethyl adjacent to an activating group) is 1. The number of rotatable bonds is 2. The topological polar surface area (TPSA) is 104 Å². The van der Waals surface area contributed by atoms with E-state index in [9.17, 15) is 19.5 Å². The summed E-state index contributed by atoms with van der Waals surface area (Å²) < 4.78 is 0.786. The number of piperazine rings is 1. The first-order valence-corrected chi connectivity index (χ1v) is 9.82. The number of carboxylic acid groups (broad SMARTS) is 1. The Morgan fingerprint density at radius 2 is 2.00 bits per heavy atom. The minimum atomic E-state index is -1.31. The largest absolute Gasteiger partial charge is 0.477 e. The summed E-state index contributed by atoms with van der Waals surface area (Å²) in [6.45, 7) is 2.77. The van der Waals surface area contributed by atoms with Gasteiger partial charge in [0.05, 0.1) is 26.6 Å². The smallest absolute Gasteiger partial charge is 0.352 e. The molecule has 0 bridgehead atoms. The highest BCUT2D eigenvalue weighted by molar-refractivity contribution is 8.29. The normalized spacial score (nSPS) is 35.5. The Kier molecular flexibility index (Phi) is 3.60. The van der Waals surface area contributed by atoms with E-state index in [-0.39, 0.29) is 17.0 Å². The van der Waals surface area contributed by atoms with Gasteiger partial charge in [-0.05, 0) is 6.08 Å². The Morgan fingerprint density at radius 3 is 2.48 bits per heavy atom. The number of hydrogen-bond acceptors (Lipinski definition) is 3. The molecule has 3 N–H and O–H groups in total. The number of nitrogens with zero attached hydrogens (tertiary/aromatic N) is 3. The van der Waals surface area contributed by atoms with Crippen molar-refractivity contribution >= 4 is 28.1 Å². The molecule has 9 heteroatoms. The molecule has 3 amide bonds. The second-order valence-corrected chi connectivity index (χ2v) is 10.6. The number of nitrogens with two attached hydrogens (primary N) is 1. The van der Waals surface area contributed by atoms with Gasteiger partial charge in [0.2, 0.25) is 5.91 Å². The molecule has 0 spiro atoms. The summed E-state index contributed by atoms with van der Waals surface area (Å²) in [5, 5.41) is 9.29. The van der Waals surface area contributed by atoms with E-state index in [2.05, 4.69) is 13.3 Å². The number of carbonyl (C=O) groups excluding carboxylic acids is 2. The van der Waals surface area contributed by atoms with Crippen LogP contribution < -0.4 is 5.73 Å². The minimum absolute atomic E-state index is 0.0174. The van der Waals surface area contributed by atoms with Gasteiger partial charge in [-0.1, -0.05) is 10.2 Å². The molecule has 3 aliphatic heterocycles. The average molecular weight is 343 g/mol. The number of hydrogen-bond donors (Lipinski definition) is 2. The van der Waals surface area contributed by atoms with Crippen molar-refractivity contribution in [2.45, 2.75) is 11.8 Å². The van der Waals surface area contributed by atoms with Gasteiger partial charge in [-0.25, -0.2) is 9.59 Å². The van der Waals surface area contributed by atoms with Crippen LogP contribution >= 0.6 is 10.2 Å². The molecular formula is C14H23N4O4S+. The number of β-lactam (4-membered cyclic amide) rings is 1. The van der Waals surface area contributed by atoms with E-state index in [4.69, 9.17) is 5.73 Å². The molecule has 23 heavy (non-hydrogen) atoms. The van der Waals surface area contributed by atoms with Crippen molar-refractivity contribution < 1.29 is 23.4 Å². The van der Waals surface area contributed by atoms with Crippen LogP contribution in [0.3, 0.4) is 0 Å². The van der Waals surface area contributed by atoms with Crippen LogP contribution in [-0.4, -0.2) is 87.3 Å². The molecular weight excluding hydrogens is 320 g/mol. The van der Waals surface area contributed by atoms with Crippen LogP contribution in [0.15, 0.2) is 11.8 Å². The van der Waals surface area contributed by atoms with E-state index in [1.807, 2.05) is 0 Å². The highest BCUT2D eigenvalue weighted by Gasteiger charge is 2.58. The number of amides is 3. The van der Waals surface area contributed by atoms with Crippen molar-refractivity contribution in [2.24, 2.45) is 5.73 Å². The van der Waals surface area contributed by atoms with E-state index in [0.717, 1.165) is 17.0 Å². The second kappa shape index (κ2) is 5.13. The molecule has 0 aromatic rings. The lowest BCUT2D eigenvalue weighted by atomic mass is 10.1. The molecule has 2 atom stereocenters. The van der Waals surface area contributed by atoms with Crippen LogP contribution in [0.2, 0.25) is 0 Å². The van der Waals surface area contributed by atoms with Gasteiger partial charge in [-0.15, -0.1) is 0 Å². The lowest BCUT2D eigenvalue weighted by Gasteiger charge is -2.64. The highest BCUT2D eigenvalue weighted by atomic mass is 32.3. The molecule has 3 aliphatic rings. The second-order valence-electron chi connectivity index (χ2n) is 6.66. The van der Waals surface area contributed by atoms with Gasteiger partial charge in [0, 0.05) is 12.0 Å². The fraction of sp³-hybridized carbons (Fsp3) is 0.643. The van der Waals surface area contributed by atoms with Gasteiger partial charge in [0.1, 0.15) is 24.2 Å². The van der Waals surface area contributed by atoms with Crippen molar-refractivity contribution in [2.75, 3.05) is 45.2 Å². The zero-order chi connectivity index (χ0) is 17.0. The van der Waals surface area contributed by atoms with E-state index in [1.54, 1.807) is 11.0 Å². The lowest BCUT2D eigenvalue weighted by molar-refractivity contribution is -0.787. The Bertz CT molecular complexity index is 614. The SMILES string of the molecule is C[N+]1(S2(C)CC=C(C(=O)O)N3C(=O)CC32)CCN(C(N)=O)CC1. The molecule has 0 aromatic heterocycles. The quantitative estimate of drug-likeness (QED) is 0.531. The van der Waals surface area contributed by atoms with Gasteiger partial charge in [0.25, 0.3) is 0 Å². The van der Waals surface area contributed by atoms with Crippen molar-refractivity contribution in [1.82, 2.24) is 9.80 Å². The molecule has 128 valence electrons. The average Bonchev–Trinajstić information content (AvgIpc) is 2.48. The number of aliphatic carboxylic acids is 1. The Labute approximate surface area is 136 Å². The summed E-state index contributed by atoms with van der Waals surface area (Å²) in [7, 11) is 0.854. The van der Waals surface area contributed by atoms with Gasteiger partial charge >= 0.3 is 12.0 Å². The molecule has 0 aromatic carbocycles. The predicted octanol–water partition coefficient (Wildman–Crippen LogP) is -0.283. The van der Waals surface area contributed by atoms with Gasteiger partial charge < -0.3 is 15.7 Å². The maximum Gasteiger partial charge on any atom is 0.352 e. The fourth-order valence-electron chi connectivity index (χ4n) is 3.73. The first-order valence-electron chi connectivity index (χ1n) is 7.59. The summed E-state index contributed by atoms with van der Waals surface area (Å²) in [5.74, 6) is -0.453.